The highest BCUT2D eigenvalue weighted by Gasteiger charge is 2.32. The fourth-order valence-corrected chi connectivity index (χ4v) is 2.25. The fraction of sp³-hybridized carbons (Fsp3) is 0.250. The van der Waals surface area contributed by atoms with Gasteiger partial charge in [-0.25, -0.2) is 0 Å². The van der Waals surface area contributed by atoms with E-state index in [0.717, 1.165) is 4.88 Å². The number of benzene rings is 1. The van der Waals surface area contributed by atoms with Gasteiger partial charge in [0.2, 0.25) is 0 Å². The number of alkyl halides is 3. The van der Waals surface area contributed by atoms with Gasteiger partial charge in [0, 0.05) is 23.1 Å². The highest BCUT2D eigenvalue weighted by Crippen LogP contribution is 2.32. The molecule has 0 aliphatic rings. The molecule has 1 unspecified atom stereocenters. The Morgan fingerprint density at radius 1 is 1.32 bits per heavy atom. The van der Waals surface area contributed by atoms with E-state index >= 15 is 0 Å². The van der Waals surface area contributed by atoms with Crippen LogP contribution in [0.1, 0.15) is 16.5 Å². The van der Waals surface area contributed by atoms with E-state index < -0.39 is 12.5 Å². The number of nitrogens with zero attached hydrogens (tertiary/aromatic N) is 1. The number of rotatable bonds is 4. The predicted octanol–water partition coefficient (Wildman–Crippen LogP) is 3.32. The lowest BCUT2D eigenvalue weighted by atomic mass is 10.1. The Labute approximate surface area is 111 Å². The molecular weight excluding hydrogens is 279 g/mol. The quantitative estimate of drug-likeness (QED) is 0.939. The molecule has 1 atom stereocenters. The Hall–Kier alpha value is -1.60. The zero-order valence-corrected chi connectivity index (χ0v) is 10.4. The van der Waals surface area contributed by atoms with Crippen molar-refractivity contribution in [2.24, 2.45) is 0 Å². The summed E-state index contributed by atoms with van der Waals surface area (Å²) in [5, 5.41) is 10.0. The summed E-state index contributed by atoms with van der Waals surface area (Å²) in [4.78, 5) is 4.63. The number of aromatic nitrogens is 1. The summed E-state index contributed by atoms with van der Waals surface area (Å²) < 4.78 is 40.7. The van der Waals surface area contributed by atoms with E-state index in [1.165, 1.54) is 29.5 Å². The van der Waals surface area contributed by atoms with Crippen LogP contribution in [0.25, 0.3) is 0 Å². The van der Waals surface area contributed by atoms with Crippen LogP contribution >= 0.6 is 11.3 Å². The van der Waals surface area contributed by atoms with Gasteiger partial charge in [0.05, 0.1) is 11.6 Å². The highest BCUT2D eigenvalue weighted by atomic mass is 32.1. The predicted molar refractivity (Wildman–Crippen MR) is 63.9 cm³/mol. The van der Waals surface area contributed by atoms with Gasteiger partial charge in [-0.2, -0.15) is 0 Å². The molecule has 1 aromatic carbocycles. The molecule has 0 aliphatic heterocycles. The zero-order valence-electron chi connectivity index (χ0n) is 9.59. The smallest absolute Gasteiger partial charge is 0.405 e. The second kappa shape index (κ2) is 5.58. The number of aliphatic hydroxyl groups excluding tert-OH is 1. The third-order valence-corrected chi connectivity index (χ3v) is 3.18. The Kier molecular flexibility index (Phi) is 4.06. The molecule has 2 rings (SSSR count). The number of hydrogen-bond donors (Lipinski definition) is 1. The lowest BCUT2D eigenvalue weighted by Crippen LogP contribution is -2.19. The van der Waals surface area contributed by atoms with E-state index in [0.29, 0.717) is 0 Å². The number of halogens is 3. The molecular formula is C12H10F3NO2S. The average Bonchev–Trinajstić information content (AvgIpc) is 2.80. The van der Waals surface area contributed by atoms with Crippen molar-refractivity contribution < 1.29 is 23.0 Å². The van der Waals surface area contributed by atoms with Gasteiger partial charge in [-0.15, -0.1) is 24.5 Å². The Balaban J connectivity index is 2.19. The Morgan fingerprint density at radius 2 is 2.05 bits per heavy atom. The van der Waals surface area contributed by atoms with Gasteiger partial charge in [-0.3, -0.25) is 4.98 Å². The molecule has 0 spiro atoms. The standard InChI is InChI=1S/C12H10F3NO2S/c13-12(14,15)18-11-4-2-1-3-9(11)10(17)5-8-6-16-7-19-8/h1-4,6-7,10,17H,5H2. The summed E-state index contributed by atoms with van der Waals surface area (Å²) in [5.41, 5.74) is 1.70. The summed E-state index contributed by atoms with van der Waals surface area (Å²) in [7, 11) is 0. The summed E-state index contributed by atoms with van der Waals surface area (Å²) >= 11 is 1.33. The third kappa shape index (κ3) is 3.93. The Bertz CT molecular complexity index is 528. The minimum Gasteiger partial charge on any atom is -0.405 e. The van der Waals surface area contributed by atoms with Crippen LogP contribution in [0.4, 0.5) is 13.2 Å². The Morgan fingerprint density at radius 3 is 2.68 bits per heavy atom. The van der Waals surface area contributed by atoms with Gasteiger partial charge in [0.15, 0.2) is 0 Å². The lowest BCUT2D eigenvalue weighted by Gasteiger charge is -2.16. The number of ether oxygens (including phenoxy) is 1. The van der Waals surface area contributed by atoms with E-state index in [1.807, 2.05) is 0 Å². The van der Waals surface area contributed by atoms with Crippen LogP contribution in [0.5, 0.6) is 5.75 Å². The van der Waals surface area contributed by atoms with Gasteiger partial charge in [0.25, 0.3) is 0 Å². The SMILES string of the molecule is OC(Cc1cncs1)c1ccccc1OC(F)(F)F. The minimum absolute atomic E-state index is 0.105. The number of para-hydroxylation sites is 1. The van der Waals surface area contributed by atoms with Crippen LogP contribution in [-0.4, -0.2) is 16.5 Å². The number of thiazole rings is 1. The monoisotopic (exact) mass is 289 g/mol. The van der Waals surface area contributed by atoms with Crippen molar-refractivity contribution in [2.45, 2.75) is 18.9 Å². The summed E-state index contributed by atoms with van der Waals surface area (Å²) in [6.45, 7) is 0. The molecule has 1 N–H and O–H groups in total. The van der Waals surface area contributed by atoms with Gasteiger partial charge in [0.1, 0.15) is 5.75 Å². The molecule has 102 valence electrons. The molecule has 0 radical (unpaired) electrons. The maximum absolute atomic E-state index is 12.3. The van der Waals surface area contributed by atoms with Crippen LogP contribution in [-0.2, 0) is 6.42 Å². The van der Waals surface area contributed by atoms with E-state index in [2.05, 4.69) is 9.72 Å². The second-order valence-electron chi connectivity index (χ2n) is 3.77. The maximum atomic E-state index is 12.3. The van der Waals surface area contributed by atoms with Crippen LogP contribution in [0, 0.1) is 0 Å². The van der Waals surface area contributed by atoms with Crippen molar-refractivity contribution in [3.05, 3.63) is 46.4 Å². The normalized spacial score (nSPS) is 13.3. The molecule has 19 heavy (non-hydrogen) atoms. The number of hydrogen-bond acceptors (Lipinski definition) is 4. The highest BCUT2D eigenvalue weighted by molar-refractivity contribution is 7.09. The van der Waals surface area contributed by atoms with Crippen molar-refractivity contribution in [1.82, 2.24) is 4.98 Å². The first-order valence-corrected chi connectivity index (χ1v) is 6.24. The zero-order chi connectivity index (χ0) is 13.9. The van der Waals surface area contributed by atoms with Crippen molar-refractivity contribution in [1.29, 1.82) is 0 Å². The van der Waals surface area contributed by atoms with Gasteiger partial charge < -0.3 is 9.84 Å². The summed E-state index contributed by atoms with van der Waals surface area (Å²) in [5.74, 6) is -0.382. The van der Waals surface area contributed by atoms with Crippen molar-refractivity contribution >= 4 is 11.3 Å². The van der Waals surface area contributed by atoms with Crippen molar-refractivity contribution in [2.75, 3.05) is 0 Å². The van der Waals surface area contributed by atoms with E-state index in [-0.39, 0.29) is 17.7 Å². The third-order valence-electron chi connectivity index (χ3n) is 2.38. The molecule has 1 heterocycles. The largest absolute Gasteiger partial charge is 0.573 e. The first-order chi connectivity index (χ1) is 8.96. The maximum Gasteiger partial charge on any atom is 0.573 e. The lowest BCUT2D eigenvalue weighted by molar-refractivity contribution is -0.275. The first kappa shape index (κ1) is 13.8. The van der Waals surface area contributed by atoms with Crippen LogP contribution in [0.2, 0.25) is 0 Å². The van der Waals surface area contributed by atoms with Gasteiger partial charge >= 0.3 is 6.36 Å². The van der Waals surface area contributed by atoms with E-state index in [4.69, 9.17) is 0 Å². The minimum atomic E-state index is -4.78. The molecule has 0 aliphatic carbocycles. The van der Waals surface area contributed by atoms with E-state index in [9.17, 15) is 18.3 Å². The molecule has 0 saturated carbocycles. The van der Waals surface area contributed by atoms with Crippen LogP contribution in [0.15, 0.2) is 36.0 Å². The van der Waals surface area contributed by atoms with Gasteiger partial charge in [-0.05, 0) is 6.07 Å². The van der Waals surface area contributed by atoms with Crippen molar-refractivity contribution in [3.63, 3.8) is 0 Å². The van der Waals surface area contributed by atoms with E-state index in [1.54, 1.807) is 17.8 Å². The van der Waals surface area contributed by atoms with Gasteiger partial charge in [-0.1, -0.05) is 18.2 Å². The first-order valence-electron chi connectivity index (χ1n) is 5.36. The summed E-state index contributed by atoms with van der Waals surface area (Å²) in [6.07, 6.45) is -4.08. The molecule has 3 nitrogen and oxygen atoms in total. The molecule has 2 aromatic rings. The summed E-state index contributed by atoms with van der Waals surface area (Å²) in [6, 6.07) is 5.56. The second-order valence-corrected chi connectivity index (χ2v) is 4.74. The molecule has 7 heteroatoms. The van der Waals surface area contributed by atoms with Crippen LogP contribution in [0.3, 0.4) is 0 Å². The van der Waals surface area contributed by atoms with Crippen molar-refractivity contribution in [3.8, 4) is 5.75 Å². The molecule has 0 amide bonds. The molecule has 0 bridgehead atoms. The fourth-order valence-electron chi connectivity index (χ4n) is 1.62. The topological polar surface area (TPSA) is 42.4 Å². The molecule has 1 aromatic heterocycles. The molecule has 0 fully saturated rings. The molecule has 0 saturated heterocycles. The van der Waals surface area contributed by atoms with Crippen LogP contribution < -0.4 is 4.74 Å². The average molecular weight is 289 g/mol. The number of aliphatic hydroxyl groups is 1.